The van der Waals surface area contributed by atoms with Crippen LogP contribution in [-0.2, 0) is 9.45 Å². The van der Waals surface area contributed by atoms with Crippen LogP contribution in [0.4, 0.5) is 0 Å². The summed E-state index contributed by atoms with van der Waals surface area (Å²) in [5.41, 5.74) is 0. The Kier molecular flexibility index (Phi) is 16.3. The summed E-state index contributed by atoms with van der Waals surface area (Å²) < 4.78 is 4.12. The van der Waals surface area contributed by atoms with E-state index < -0.39 is 0 Å². The normalized spacial score (nSPS) is 11.5. The predicted octanol–water partition coefficient (Wildman–Crippen LogP) is 5.43. The van der Waals surface area contributed by atoms with Crippen LogP contribution in [0, 0.1) is 0 Å². The number of unbranched alkanes of at least 4 members (excludes halogenated alkanes) is 8. The molecule has 0 rings (SSSR count). The van der Waals surface area contributed by atoms with E-state index in [4.69, 9.17) is 8.05 Å². The first kappa shape index (κ1) is 20.0. The van der Waals surface area contributed by atoms with E-state index in [1.54, 1.807) is 0 Å². The monoisotopic (exact) mass is 290 g/mol. The first-order valence-electron chi connectivity index (χ1n) is 8.50. The highest BCUT2D eigenvalue weighted by Crippen LogP contribution is 2.08. The van der Waals surface area contributed by atoms with E-state index in [0.717, 1.165) is 25.7 Å². The highest BCUT2D eigenvalue weighted by molar-refractivity contribution is 6.05. The van der Waals surface area contributed by atoms with Gasteiger partial charge in [-0.1, -0.05) is 63.3 Å². The molecule has 0 saturated heterocycles. The van der Waals surface area contributed by atoms with E-state index in [9.17, 15) is 4.79 Å². The molecule has 0 N–H and O–H groups in total. The maximum atomic E-state index is 10.8. The van der Waals surface area contributed by atoms with Crippen LogP contribution in [0.15, 0.2) is 24.3 Å². The van der Waals surface area contributed by atoms with Crippen molar-refractivity contribution in [3.63, 3.8) is 0 Å². The van der Waals surface area contributed by atoms with Gasteiger partial charge in [0.15, 0.2) is 0 Å². The molecule has 0 unspecified atom stereocenters. The Labute approximate surface area is 132 Å². The second kappa shape index (κ2) is 17.1. The van der Waals surface area contributed by atoms with Crippen molar-refractivity contribution >= 4 is 14.0 Å². The van der Waals surface area contributed by atoms with Crippen molar-refractivity contribution in [2.24, 2.45) is 0 Å². The van der Waals surface area contributed by atoms with Gasteiger partial charge in [-0.3, -0.25) is 4.79 Å². The van der Waals surface area contributed by atoms with Crippen molar-refractivity contribution < 1.29 is 9.45 Å². The van der Waals surface area contributed by atoms with Gasteiger partial charge in [0.25, 0.3) is 5.97 Å². The predicted molar refractivity (Wildman–Crippen MR) is 91.2 cm³/mol. The first-order valence-corrected chi connectivity index (χ1v) is 8.50. The van der Waals surface area contributed by atoms with Crippen LogP contribution in [0.5, 0.6) is 0 Å². The highest BCUT2D eigenvalue weighted by Gasteiger charge is 1.98. The maximum Gasteiger partial charge on any atom is 0.378 e. The Morgan fingerprint density at radius 1 is 0.857 bits per heavy atom. The Balaban J connectivity index is 3.20. The fraction of sp³-hybridized carbons (Fsp3) is 0.722. The SMILES string of the molecule is [B]OC(=O)CCCCCCC/C=C/C/C=C/CCCCC. The molecule has 0 fully saturated rings. The van der Waals surface area contributed by atoms with Crippen molar-refractivity contribution in [3.8, 4) is 0 Å². The zero-order valence-corrected chi connectivity index (χ0v) is 13.7. The average molecular weight is 290 g/mol. The molecule has 0 aliphatic heterocycles. The van der Waals surface area contributed by atoms with Gasteiger partial charge in [0, 0.05) is 6.42 Å². The van der Waals surface area contributed by atoms with Gasteiger partial charge in [0.1, 0.15) is 0 Å². The molecular formula is C18H31BO2. The van der Waals surface area contributed by atoms with Crippen molar-refractivity contribution in [2.45, 2.75) is 84.0 Å². The van der Waals surface area contributed by atoms with Gasteiger partial charge in [-0.2, -0.15) is 0 Å². The minimum atomic E-state index is -0.305. The lowest BCUT2D eigenvalue weighted by Crippen LogP contribution is -2.00. The van der Waals surface area contributed by atoms with E-state index in [-0.39, 0.29) is 5.97 Å². The molecule has 0 spiro atoms. The third-order valence-corrected chi connectivity index (χ3v) is 3.46. The highest BCUT2D eigenvalue weighted by atomic mass is 16.5. The van der Waals surface area contributed by atoms with E-state index >= 15 is 0 Å². The molecule has 0 heterocycles. The standard InChI is InChI=1S/C18H31BO2/c1-2-3-4-5-6-7-8-9-10-11-12-13-14-15-16-17-18(20)21-19/h6-7,9-10H,2-5,8,11-17H2,1H3/b7-6+,10-9+. The summed E-state index contributed by atoms with van der Waals surface area (Å²) in [5.74, 6) is -0.305. The molecule has 0 aromatic rings. The Morgan fingerprint density at radius 2 is 1.43 bits per heavy atom. The second-order valence-electron chi connectivity index (χ2n) is 5.47. The lowest BCUT2D eigenvalue weighted by Gasteiger charge is -2.00. The summed E-state index contributed by atoms with van der Waals surface area (Å²) in [6.07, 6.45) is 22.6. The minimum absolute atomic E-state index is 0.305. The fourth-order valence-electron chi connectivity index (χ4n) is 2.14. The van der Waals surface area contributed by atoms with Crippen LogP contribution in [0.25, 0.3) is 0 Å². The van der Waals surface area contributed by atoms with Gasteiger partial charge in [0.05, 0.1) is 0 Å². The van der Waals surface area contributed by atoms with E-state index in [1.807, 2.05) is 0 Å². The fourth-order valence-corrected chi connectivity index (χ4v) is 2.14. The number of carbonyl (C=O) groups is 1. The van der Waals surface area contributed by atoms with Crippen molar-refractivity contribution in [1.29, 1.82) is 0 Å². The molecule has 0 aliphatic carbocycles. The Hall–Kier alpha value is -0.985. The third kappa shape index (κ3) is 17.0. The number of hydrogen-bond acceptors (Lipinski definition) is 2. The summed E-state index contributed by atoms with van der Waals surface area (Å²) in [6, 6.07) is 0. The maximum absolute atomic E-state index is 10.8. The molecule has 0 bridgehead atoms. The number of rotatable bonds is 14. The van der Waals surface area contributed by atoms with Gasteiger partial charge in [-0.05, 0) is 38.5 Å². The molecule has 2 radical (unpaired) electrons. The topological polar surface area (TPSA) is 26.3 Å². The molecule has 0 aliphatic rings. The molecule has 0 atom stereocenters. The number of carbonyl (C=O) groups excluding carboxylic acids is 1. The lowest BCUT2D eigenvalue weighted by molar-refractivity contribution is -0.134. The summed E-state index contributed by atoms with van der Waals surface area (Å²) in [7, 11) is 4.77. The number of allylic oxidation sites excluding steroid dienone is 4. The molecule has 0 aromatic heterocycles. The molecule has 0 amide bonds. The summed E-state index contributed by atoms with van der Waals surface area (Å²) >= 11 is 0. The van der Waals surface area contributed by atoms with Crippen molar-refractivity contribution in [1.82, 2.24) is 0 Å². The first-order chi connectivity index (χ1) is 10.3. The van der Waals surface area contributed by atoms with Gasteiger partial charge < -0.3 is 4.65 Å². The van der Waals surface area contributed by atoms with Gasteiger partial charge in [-0.15, -0.1) is 0 Å². The van der Waals surface area contributed by atoms with Gasteiger partial charge in [0.2, 0.25) is 0 Å². The van der Waals surface area contributed by atoms with Crippen LogP contribution < -0.4 is 0 Å². The van der Waals surface area contributed by atoms with E-state index in [2.05, 4.69) is 35.9 Å². The van der Waals surface area contributed by atoms with Crippen LogP contribution in [0.3, 0.4) is 0 Å². The van der Waals surface area contributed by atoms with Crippen molar-refractivity contribution in [2.75, 3.05) is 0 Å². The molecule has 0 saturated carbocycles. The zero-order valence-electron chi connectivity index (χ0n) is 13.7. The van der Waals surface area contributed by atoms with Crippen LogP contribution in [0.1, 0.15) is 84.0 Å². The largest absolute Gasteiger partial charge is 0.543 e. The molecule has 3 heteroatoms. The molecular weight excluding hydrogens is 259 g/mol. The average Bonchev–Trinajstić information content (AvgIpc) is 2.50. The Morgan fingerprint density at radius 3 is 2.05 bits per heavy atom. The second-order valence-corrected chi connectivity index (χ2v) is 5.47. The molecule has 118 valence electrons. The van der Waals surface area contributed by atoms with E-state index in [1.165, 1.54) is 44.9 Å². The molecule has 2 nitrogen and oxygen atoms in total. The summed E-state index contributed by atoms with van der Waals surface area (Å²) in [4.78, 5) is 10.8. The minimum Gasteiger partial charge on any atom is -0.543 e. The summed E-state index contributed by atoms with van der Waals surface area (Å²) in [6.45, 7) is 2.24. The molecule has 21 heavy (non-hydrogen) atoms. The third-order valence-electron chi connectivity index (χ3n) is 3.46. The quantitative estimate of drug-likeness (QED) is 0.242. The zero-order chi connectivity index (χ0) is 15.6. The van der Waals surface area contributed by atoms with Crippen LogP contribution in [-0.4, -0.2) is 14.0 Å². The van der Waals surface area contributed by atoms with Crippen LogP contribution >= 0.6 is 0 Å². The smallest absolute Gasteiger partial charge is 0.378 e. The van der Waals surface area contributed by atoms with Crippen molar-refractivity contribution in [3.05, 3.63) is 24.3 Å². The summed E-state index contributed by atoms with van der Waals surface area (Å²) in [5, 5.41) is 0. The molecule has 0 aromatic carbocycles. The Bertz CT molecular complexity index is 285. The number of hydrogen-bond donors (Lipinski definition) is 0. The van der Waals surface area contributed by atoms with Gasteiger partial charge in [-0.25, -0.2) is 0 Å². The van der Waals surface area contributed by atoms with Crippen LogP contribution in [0.2, 0.25) is 0 Å². The lowest BCUT2D eigenvalue weighted by atomic mass is 10.1. The van der Waals surface area contributed by atoms with Gasteiger partial charge >= 0.3 is 8.05 Å². The van der Waals surface area contributed by atoms with E-state index in [0.29, 0.717) is 6.42 Å².